The summed E-state index contributed by atoms with van der Waals surface area (Å²) in [6, 6.07) is 18.7. The van der Waals surface area contributed by atoms with E-state index in [9.17, 15) is 14.0 Å². The van der Waals surface area contributed by atoms with Gasteiger partial charge in [0.05, 0.1) is 28.9 Å². The Balaban J connectivity index is 1.25. The third kappa shape index (κ3) is 5.62. The molecular formula is C26H23FN6O2S2. The molecule has 4 aromatic rings. The third-order valence-corrected chi connectivity index (χ3v) is 7.84. The molecule has 0 radical (unpaired) electrons. The molecular weight excluding hydrogens is 511 g/mol. The second-order valence-electron chi connectivity index (χ2n) is 8.33. The van der Waals surface area contributed by atoms with Gasteiger partial charge in [0, 0.05) is 19.0 Å². The topological polar surface area (TPSA) is 92.5 Å². The van der Waals surface area contributed by atoms with E-state index in [4.69, 9.17) is 0 Å². The Kier molecular flexibility index (Phi) is 7.42. The van der Waals surface area contributed by atoms with E-state index in [1.165, 1.54) is 28.9 Å². The van der Waals surface area contributed by atoms with Crippen LogP contribution in [0.25, 0.3) is 0 Å². The van der Waals surface area contributed by atoms with Crippen LogP contribution in [0, 0.1) is 5.82 Å². The first-order valence-electron chi connectivity index (χ1n) is 11.5. The molecule has 0 aliphatic carbocycles. The molecule has 5 rings (SSSR count). The van der Waals surface area contributed by atoms with Crippen LogP contribution in [0.15, 0.2) is 82.4 Å². The minimum absolute atomic E-state index is 0.0985. The van der Waals surface area contributed by atoms with Crippen molar-refractivity contribution in [2.75, 3.05) is 5.75 Å². The van der Waals surface area contributed by atoms with Crippen molar-refractivity contribution >= 4 is 40.6 Å². The van der Waals surface area contributed by atoms with Crippen LogP contribution >= 0.6 is 23.1 Å². The summed E-state index contributed by atoms with van der Waals surface area (Å²) in [7, 11) is 1.79. The second kappa shape index (κ2) is 11.1. The Bertz CT molecular complexity index is 1420. The lowest BCUT2D eigenvalue weighted by Gasteiger charge is -2.21. The Morgan fingerprint density at radius 1 is 1.08 bits per heavy atom. The zero-order valence-electron chi connectivity index (χ0n) is 19.9. The normalized spacial score (nSPS) is 15.0. The maximum Gasteiger partial charge on any atom is 0.253 e. The van der Waals surface area contributed by atoms with E-state index in [2.05, 4.69) is 20.6 Å². The first-order chi connectivity index (χ1) is 18.0. The molecule has 0 spiro atoms. The molecule has 0 fully saturated rings. The minimum atomic E-state index is -0.326. The van der Waals surface area contributed by atoms with E-state index in [0.29, 0.717) is 23.0 Å². The summed E-state index contributed by atoms with van der Waals surface area (Å²) >= 11 is 2.82. The average Bonchev–Trinajstić information content (AvgIpc) is 3.67. The highest BCUT2D eigenvalue weighted by atomic mass is 32.2. The zero-order chi connectivity index (χ0) is 25.8. The lowest BCUT2D eigenvalue weighted by molar-refractivity contribution is -0.130. The monoisotopic (exact) mass is 534 g/mol. The quantitative estimate of drug-likeness (QED) is 0.338. The van der Waals surface area contributed by atoms with Crippen LogP contribution in [-0.4, -0.2) is 43.1 Å². The van der Waals surface area contributed by atoms with Crippen molar-refractivity contribution in [1.29, 1.82) is 0 Å². The number of nitrogens with zero attached hydrogens (tertiary/aromatic N) is 5. The van der Waals surface area contributed by atoms with Crippen molar-refractivity contribution in [3.05, 3.63) is 99.8 Å². The van der Waals surface area contributed by atoms with E-state index in [0.717, 1.165) is 16.2 Å². The van der Waals surface area contributed by atoms with Gasteiger partial charge in [0.1, 0.15) is 5.82 Å². The Morgan fingerprint density at radius 3 is 2.59 bits per heavy atom. The molecule has 3 heterocycles. The van der Waals surface area contributed by atoms with Crippen LogP contribution in [0.2, 0.25) is 0 Å². The van der Waals surface area contributed by atoms with Crippen molar-refractivity contribution in [2.24, 2.45) is 12.1 Å². The number of halogens is 1. The van der Waals surface area contributed by atoms with E-state index in [1.807, 2.05) is 23.6 Å². The summed E-state index contributed by atoms with van der Waals surface area (Å²) in [4.78, 5) is 26.6. The maximum atomic E-state index is 13.5. The van der Waals surface area contributed by atoms with Crippen LogP contribution in [0.1, 0.15) is 39.1 Å². The molecule has 2 aromatic carbocycles. The Hall–Kier alpha value is -3.83. The number of nitrogens with one attached hydrogen (secondary N) is 1. The molecule has 2 amide bonds. The highest BCUT2D eigenvalue weighted by molar-refractivity contribution is 7.99. The number of amides is 2. The minimum Gasteiger partial charge on any atom is -0.345 e. The fraction of sp³-hybridized carbons (Fsp3) is 0.192. The van der Waals surface area contributed by atoms with Crippen molar-refractivity contribution < 1.29 is 14.0 Å². The van der Waals surface area contributed by atoms with Gasteiger partial charge in [0.2, 0.25) is 0 Å². The lowest BCUT2D eigenvalue weighted by Crippen LogP contribution is -2.28. The number of hydrazone groups is 1. The number of hydrogen-bond donors (Lipinski definition) is 1. The standard InChI is InChI=1S/C26H23FN6O2S2/c1-32-23(15-28-25(35)18-6-3-2-4-7-18)29-30-26(32)37-16-24(34)33-21(17-9-11-19(27)12-10-17)14-20(31-33)22-8-5-13-36-22/h2-13,21H,14-16H2,1H3,(H,28,35). The Morgan fingerprint density at radius 2 is 1.86 bits per heavy atom. The van der Waals surface area contributed by atoms with Crippen LogP contribution in [-0.2, 0) is 18.4 Å². The number of hydrogen-bond acceptors (Lipinski definition) is 7. The number of carbonyl (C=O) groups is 2. The largest absolute Gasteiger partial charge is 0.345 e. The SMILES string of the molecule is Cn1c(CNC(=O)c2ccccc2)nnc1SCC(=O)N1N=C(c2cccs2)CC1c1ccc(F)cc1. The number of rotatable bonds is 8. The molecule has 0 saturated heterocycles. The summed E-state index contributed by atoms with van der Waals surface area (Å²) in [6.07, 6.45) is 0.553. The summed E-state index contributed by atoms with van der Waals surface area (Å²) in [5, 5.41) is 19.8. The van der Waals surface area contributed by atoms with Gasteiger partial charge in [-0.3, -0.25) is 9.59 Å². The average molecular weight is 535 g/mol. The fourth-order valence-corrected chi connectivity index (χ4v) is 5.45. The molecule has 2 aromatic heterocycles. The van der Waals surface area contributed by atoms with Crippen LogP contribution in [0.5, 0.6) is 0 Å². The van der Waals surface area contributed by atoms with E-state index in [1.54, 1.807) is 59.3 Å². The van der Waals surface area contributed by atoms with E-state index < -0.39 is 0 Å². The molecule has 1 N–H and O–H groups in total. The molecule has 37 heavy (non-hydrogen) atoms. The third-order valence-electron chi connectivity index (χ3n) is 5.92. The summed E-state index contributed by atoms with van der Waals surface area (Å²) in [5.74, 6) is -0.0439. The van der Waals surface area contributed by atoms with Gasteiger partial charge in [-0.25, -0.2) is 9.40 Å². The van der Waals surface area contributed by atoms with Crippen LogP contribution in [0.3, 0.4) is 0 Å². The van der Waals surface area contributed by atoms with Crippen LogP contribution in [0.4, 0.5) is 4.39 Å². The van der Waals surface area contributed by atoms with Gasteiger partial charge in [-0.15, -0.1) is 21.5 Å². The first-order valence-corrected chi connectivity index (χ1v) is 13.4. The highest BCUT2D eigenvalue weighted by Crippen LogP contribution is 2.34. The zero-order valence-corrected chi connectivity index (χ0v) is 21.5. The number of benzene rings is 2. The number of thiophene rings is 1. The number of carbonyl (C=O) groups excluding carboxylic acids is 2. The van der Waals surface area contributed by atoms with E-state index in [-0.39, 0.29) is 36.0 Å². The van der Waals surface area contributed by atoms with Gasteiger partial charge >= 0.3 is 0 Å². The number of aromatic nitrogens is 3. The van der Waals surface area contributed by atoms with Gasteiger partial charge in [-0.05, 0) is 41.3 Å². The maximum absolute atomic E-state index is 13.5. The Labute approximate surface area is 221 Å². The second-order valence-corrected chi connectivity index (χ2v) is 10.2. The predicted molar refractivity (Wildman–Crippen MR) is 141 cm³/mol. The first kappa shape index (κ1) is 24.8. The molecule has 8 nitrogen and oxygen atoms in total. The molecule has 0 bridgehead atoms. The van der Waals surface area contributed by atoms with Crippen LogP contribution < -0.4 is 5.32 Å². The molecule has 1 aliphatic heterocycles. The van der Waals surface area contributed by atoms with E-state index >= 15 is 0 Å². The van der Waals surface area contributed by atoms with Gasteiger partial charge in [0.25, 0.3) is 11.8 Å². The van der Waals surface area contributed by atoms with Gasteiger partial charge in [-0.1, -0.05) is 48.2 Å². The highest BCUT2D eigenvalue weighted by Gasteiger charge is 2.33. The summed E-state index contributed by atoms with van der Waals surface area (Å²) in [5.41, 5.74) is 2.22. The van der Waals surface area contributed by atoms with Crippen molar-refractivity contribution in [3.8, 4) is 0 Å². The van der Waals surface area contributed by atoms with Crippen molar-refractivity contribution in [1.82, 2.24) is 25.1 Å². The predicted octanol–water partition coefficient (Wildman–Crippen LogP) is 4.42. The summed E-state index contributed by atoms with van der Waals surface area (Å²) in [6.45, 7) is 0.207. The fourth-order valence-electron chi connectivity index (χ4n) is 3.94. The molecule has 0 saturated carbocycles. The molecule has 11 heteroatoms. The number of thioether (sulfide) groups is 1. The molecule has 1 unspecified atom stereocenters. The molecule has 1 aliphatic rings. The van der Waals surface area contributed by atoms with Gasteiger partial charge < -0.3 is 9.88 Å². The van der Waals surface area contributed by atoms with Gasteiger partial charge in [0.15, 0.2) is 11.0 Å². The lowest BCUT2D eigenvalue weighted by atomic mass is 10.0. The van der Waals surface area contributed by atoms with Crippen molar-refractivity contribution in [2.45, 2.75) is 24.2 Å². The molecule has 1 atom stereocenters. The van der Waals surface area contributed by atoms with Crippen molar-refractivity contribution in [3.63, 3.8) is 0 Å². The smallest absolute Gasteiger partial charge is 0.253 e. The van der Waals surface area contributed by atoms with Gasteiger partial charge in [-0.2, -0.15) is 5.10 Å². The molecule has 188 valence electrons. The summed E-state index contributed by atoms with van der Waals surface area (Å²) < 4.78 is 15.3.